The molecule has 0 aromatic carbocycles. The number of aryl methyl sites for hydroxylation is 1. The molecule has 0 saturated carbocycles. The van der Waals surface area contributed by atoms with Crippen LogP contribution in [0.4, 0.5) is 5.95 Å². The number of hydrogen-bond donors (Lipinski definition) is 0. The zero-order valence-corrected chi connectivity index (χ0v) is 12.9. The van der Waals surface area contributed by atoms with Crippen LogP contribution in [0.15, 0.2) is 6.07 Å². The number of ether oxygens (including phenoxy) is 2. The van der Waals surface area contributed by atoms with Crippen LogP contribution >= 0.6 is 15.9 Å². The quantitative estimate of drug-likeness (QED) is 0.720. The maximum Gasteiger partial charge on any atom is 0.228 e. The fourth-order valence-electron chi connectivity index (χ4n) is 1.53. The van der Waals surface area contributed by atoms with Gasteiger partial charge in [-0.15, -0.1) is 0 Å². The SMILES string of the molecule is CCOc1cc(C)nc(N(C)CC(Br)COC)n1. The van der Waals surface area contributed by atoms with Gasteiger partial charge in [0.05, 0.1) is 18.0 Å². The number of anilines is 1. The first kappa shape index (κ1) is 15.2. The predicted octanol–water partition coefficient (Wildman–Crippen LogP) is 2.03. The maximum atomic E-state index is 5.42. The third-order valence-electron chi connectivity index (χ3n) is 2.27. The van der Waals surface area contributed by atoms with Crippen molar-refractivity contribution >= 4 is 21.9 Å². The number of nitrogens with zero attached hydrogens (tertiary/aromatic N) is 3. The number of aromatic nitrogens is 2. The lowest BCUT2D eigenvalue weighted by Crippen LogP contribution is -2.29. The van der Waals surface area contributed by atoms with Crippen LogP contribution in [0, 0.1) is 6.92 Å². The van der Waals surface area contributed by atoms with Gasteiger partial charge < -0.3 is 14.4 Å². The van der Waals surface area contributed by atoms with E-state index in [0.29, 0.717) is 25.0 Å². The summed E-state index contributed by atoms with van der Waals surface area (Å²) in [6, 6.07) is 1.83. The zero-order valence-electron chi connectivity index (χ0n) is 11.3. The van der Waals surface area contributed by atoms with E-state index >= 15 is 0 Å². The minimum absolute atomic E-state index is 0.243. The Hall–Kier alpha value is -0.880. The summed E-state index contributed by atoms with van der Waals surface area (Å²) in [7, 11) is 3.64. The van der Waals surface area contributed by atoms with E-state index in [-0.39, 0.29) is 4.83 Å². The number of halogens is 1. The van der Waals surface area contributed by atoms with Gasteiger partial charge in [-0.1, -0.05) is 15.9 Å². The molecule has 0 fully saturated rings. The molecule has 5 nitrogen and oxygen atoms in total. The van der Waals surface area contributed by atoms with E-state index < -0.39 is 0 Å². The van der Waals surface area contributed by atoms with E-state index in [9.17, 15) is 0 Å². The van der Waals surface area contributed by atoms with Crippen LogP contribution in [0.25, 0.3) is 0 Å². The Morgan fingerprint density at radius 1 is 1.44 bits per heavy atom. The van der Waals surface area contributed by atoms with Crippen molar-refractivity contribution in [1.82, 2.24) is 9.97 Å². The van der Waals surface area contributed by atoms with Crippen molar-refractivity contribution in [3.8, 4) is 5.88 Å². The highest BCUT2D eigenvalue weighted by atomic mass is 79.9. The molecular formula is C12H20BrN3O2. The average molecular weight is 318 g/mol. The molecule has 0 aliphatic carbocycles. The maximum absolute atomic E-state index is 5.42. The minimum atomic E-state index is 0.243. The van der Waals surface area contributed by atoms with Crippen LogP contribution in [0.3, 0.4) is 0 Å². The van der Waals surface area contributed by atoms with Gasteiger partial charge >= 0.3 is 0 Å². The summed E-state index contributed by atoms with van der Waals surface area (Å²) in [6.45, 7) is 5.89. The molecule has 0 aliphatic rings. The predicted molar refractivity (Wildman–Crippen MR) is 75.8 cm³/mol. The summed E-state index contributed by atoms with van der Waals surface area (Å²) >= 11 is 3.55. The van der Waals surface area contributed by atoms with Gasteiger partial charge in [-0.25, -0.2) is 4.98 Å². The third kappa shape index (κ3) is 4.78. The van der Waals surface area contributed by atoms with E-state index in [1.165, 1.54) is 0 Å². The Kier molecular flexibility index (Phi) is 6.35. The van der Waals surface area contributed by atoms with Crippen molar-refractivity contribution in [1.29, 1.82) is 0 Å². The molecule has 1 atom stereocenters. The monoisotopic (exact) mass is 317 g/mol. The minimum Gasteiger partial charge on any atom is -0.478 e. The highest BCUT2D eigenvalue weighted by molar-refractivity contribution is 9.09. The molecule has 0 spiro atoms. The van der Waals surface area contributed by atoms with E-state index in [4.69, 9.17) is 9.47 Å². The van der Waals surface area contributed by atoms with Gasteiger partial charge in [0.25, 0.3) is 0 Å². The second-order valence-electron chi connectivity index (χ2n) is 4.01. The molecule has 1 aromatic rings. The number of methoxy groups -OCH3 is 1. The molecule has 1 aromatic heterocycles. The smallest absolute Gasteiger partial charge is 0.228 e. The van der Waals surface area contributed by atoms with E-state index in [1.54, 1.807) is 7.11 Å². The fraction of sp³-hybridized carbons (Fsp3) is 0.667. The van der Waals surface area contributed by atoms with Gasteiger partial charge in [-0.3, -0.25) is 0 Å². The molecule has 0 radical (unpaired) electrons. The van der Waals surface area contributed by atoms with Gasteiger partial charge in [0.1, 0.15) is 0 Å². The first-order chi connectivity index (χ1) is 8.56. The normalized spacial score (nSPS) is 12.3. The second kappa shape index (κ2) is 7.53. The lowest BCUT2D eigenvalue weighted by Gasteiger charge is -2.20. The molecule has 0 N–H and O–H groups in total. The Morgan fingerprint density at radius 3 is 2.78 bits per heavy atom. The summed E-state index contributed by atoms with van der Waals surface area (Å²) in [5.41, 5.74) is 0.896. The molecule has 102 valence electrons. The van der Waals surface area contributed by atoms with Gasteiger partial charge in [-0.05, 0) is 13.8 Å². The van der Waals surface area contributed by atoms with Crippen LogP contribution in [-0.4, -0.2) is 48.7 Å². The molecule has 1 unspecified atom stereocenters. The van der Waals surface area contributed by atoms with Crippen LogP contribution in [0.2, 0.25) is 0 Å². The van der Waals surface area contributed by atoms with E-state index in [1.807, 2.05) is 31.9 Å². The lowest BCUT2D eigenvalue weighted by molar-refractivity contribution is 0.201. The molecule has 0 bridgehead atoms. The number of rotatable bonds is 7. The second-order valence-corrected chi connectivity index (χ2v) is 5.31. The Labute approximate surface area is 117 Å². The van der Waals surface area contributed by atoms with Crippen LogP contribution in [-0.2, 0) is 4.74 Å². The highest BCUT2D eigenvalue weighted by Crippen LogP contribution is 2.15. The zero-order chi connectivity index (χ0) is 13.5. The van der Waals surface area contributed by atoms with Crippen molar-refractivity contribution in [2.75, 3.05) is 38.8 Å². The van der Waals surface area contributed by atoms with Crippen molar-refractivity contribution in [2.24, 2.45) is 0 Å². The van der Waals surface area contributed by atoms with Crippen molar-refractivity contribution in [3.63, 3.8) is 0 Å². The van der Waals surface area contributed by atoms with Crippen molar-refractivity contribution in [3.05, 3.63) is 11.8 Å². The van der Waals surface area contributed by atoms with E-state index in [0.717, 1.165) is 12.2 Å². The Morgan fingerprint density at radius 2 is 2.17 bits per heavy atom. The van der Waals surface area contributed by atoms with Crippen LogP contribution < -0.4 is 9.64 Å². The molecular weight excluding hydrogens is 298 g/mol. The van der Waals surface area contributed by atoms with Crippen LogP contribution in [0.1, 0.15) is 12.6 Å². The summed E-state index contributed by atoms with van der Waals surface area (Å²) in [4.78, 5) is 11.0. The van der Waals surface area contributed by atoms with E-state index in [2.05, 4.69) is 25.9 Å². The standard InChI is InChI=1S/C12H20BrN3O2/c1-5-18-11-6-9(2)14-12(15-11)16(3)7-10(13)8-17-4/h6,10H,5,7-8H2,1-4H3. The highest BCUT2D eigenvalue weighted by Gasteiger charge is 2.12. The van der Waals surface area contributed by atoms with Crippen molar-refractivity contribution in [2.45, 2.75) is 18.7 Å². The molecule has 0 amide bonds. The Bertz CT molecular complexity index is 376. The number of hydrogen-bond acceptors (Lipinski definition) is 5. The van der Waals surface area contributed by atoms with Gasteiger partial charge in [0.15, 0.2) is 0 Å². The summed E-state index contributed by atoms with van der Waals surface area (Å²) in [5, 5.41) is 0. The average Bonchev–Trinajstić information content (AvgIpc) is 2.28. The lowest BCUT2D eigenvalue weighted by atomic mass is 10.4. The summed E-state index contributed by atoms with van der Waals surface area (Å²) < 4.78 is 10.5. The largest absolute Gasteiger partial charge is 0.478 e. The van der Waals surface area contributed by atoms with Crippen molar-refractivity contribution < 1.29 is 9.47 Å². The fourth-order valence-corrected chi connectivity index (χ4v) is 2.23. The topological polar surface area (TPSA) is 47.5 Å². The molecule has 0 aliphatic heterocycles. The van der Waals surface area contributed by atoms with Gasteiger partial charge in [-0.2, -0.15) is 4.98 Å². The summed E-state index contributed by atoms with van der Waals surface area (Å²) in [6.07, 6.45) is 0. The molecule has 6 heteroatoms. The molecule has 1 rings (SSSR count). The molecule has 18 heavy (non-hydrogen) atoms. The third-order valence-corrected chi connectivity index (χ3v) is 2.83. The van der Waals surface area contributed by atoms with Gasteiger partial charge in [0.2, 0.25) is 11.8 Å². The first-order valence-corrected chi connectivity index (χ1v) is 6.81. The first-order valence-electron chi connectivity index (χ1n) is 5.89. The number of alkyl halides is 1. The molecule has 1 heterocycles. The summed E-state index contributed by atoms with van der Waals surface area (Å²) in [5.74, 6) is 1.28. The Balaban J connectivity index is 2.74. The van der Waals surface area contributed by atoms with Crippen LogP contribution in [0.5, 0.6) is 5.88 Å². The molecule has 0 saturated heterocycles. The van der Waals surface area contributed by atoms with Gasteiger partial charge in [0, 0.05) is 32.5 Å².